The molecule has 3 rings (SSSR count). The summed E-state index contributed by atoms with van der Waals surface area (Å²) < 4.78 is 21.0. The molecule has 3 aromatic rings. The Morgan fingerprint density at radius 3 is 2.29 bits per heavy atom. The van der Waals surface area contributed by atoms with Crippen molar-refractivity contribution in [2.24, 2.45) is 0 Å². The normalized spacial score (nSPS) is 10.6. The number of methoxy groups -OCH3 is 3. The molecule has 0 radical (unpaired) electrons. The first kappa shape index (κ1) is 15.7. The van der Waals surface area contributed by atoms with Crippen LogP contribution in [-0.2, 0) is 0 Å². The molecule has 6 heteroatoms. The lowest BCUT2D eigenvalue weighted by Gasteiger charge is -2.10. The van der Waals surface area contributed by atoms with Crippen LogP contribution >= 0.6 is 0 Å². The van der Waals surface area contributed by atoms with Gasteiger partial charge in [0.05, 0.1) is 32.3 Å². The molecule has 0 fully saturated rings. The third-order valence-corrected chi connectivity index (χ3v) is 3.77. The van der Waals surface area contributed by atoms with Gasteiger partial charge in [0.1, 0.15) is 11.8 Å². The van der Waals surface area contributed by atoms with Gasteiger partial charge in [-0.15, -0.1) is 0 Å². The van der Waals surface area contributed by atoms with E-state index in [0.29, 0.717) is 28.2 Å². The monoisotopic (exact) mass is 328 g/mol. The summed E-state index contributed by atoms with van der Waals surface area (Å²) in [6.07, 6.45) is 1.38. The molecule has 0 spiro atoms. The molecule has 0 unspecified atom stereocenters. The van der Waals surface area contributed by atoms with E-state index in [-0.39, 0.29) is 22.3 Å². The van der Waals surface area contributed by atoms with Gasteiger partial charge >= 0.3 is 0 Å². The van der Waals surface area contributed by atoms with Crippen molar-refractivity contribution in [3.05, 3.63) is 46.8 Å². The number of rotatable bonds is 4. The molecule has 0 atom stereocenters. The molecule has 6 nitrogen and oxygen atoms in total. The highest BCUT2D eigenvalue weighted by molar-refractivity contribution is 5.84. The summed E-state index contributed by atoms with van der Waals surface area (Å²) >= 11 is 0. The second-order valence-electron chi connectivity index (χ2n) is 5.07. The Labute approximate surface area is 137 Å². The third-order valence-electron chi connectivity index (χ3n) is 3.77. The van der Waals surface area contributed by atoms with E-state index >= 15 is 0 Å². The van der Waals surface area contributed by atoms with Crippen LogP contribution in [0.2, 0.25) is 0 Å². The molecular formula is C18H16O6. The molecule has 24 heavy (non-hydrogen) atoms. The lowest BCUT2D eigenvalue weighted by Crippen LogP contribution is -2.05. The van der Waals surface area contributed by atoms with Gasteiger partial charge in [-0.05, 0) is 23.8 Å². The molecule has 0 aliphatic heterocycles. The molecule has 0 amide bonds. The maximum absolute atomic E-state index is 12.8. The van der Waals surface area contributed by atoms with Gasteiger partial charge < -0.3 is 23.7 Å². The van der Waals surface area contributed by atoms with E-state index in [1.165, 1.54) is 39.7 Å². The van der Waals surface area contributed by atoms with Crippen molar-refractivity contribution >= 4 is 11.0 Å². The van der Waals surface area contributed by atoms with Crippen LogP contribution in [0.5, 0.6) is 23.0 Å². The Morgan fingerprint density at radius 1 is 0.917 bits per heavy atom. The summed E-state index contributed by atoms with van der Waals surface area (Å²) in [6, 6.07) is 7.96. The molecule has 124 valence electrons. The molecule has 2 aromatic carbocycles. The number of hydrogen-bond donors (Lipinski definition) is 1. The second kappa shape index (κ2) is 6.16. The van der Waals surface area contributed by atoms with Gasteiger partial charge in [0.25, 0.3) is 0 Å². The van der Waals surface area contributed by atoms with Crippen LogP contribution in [-0.4, -0.2) is 26.4 Å². The van der Waals surface area contributed by atoms with Crippen molar-refractivity contribution < 1.29 is 23.7 Å². The molecule has 0 saturated carbocycles. The molecule has 0 aliphatic carbocycles. The zero-order valence-corrected chi connectivity index (χ0v) is 13.5. The van der Waals surface area contributed by atoms with E-state index in [2.05, 4.69) is 0 Å². The highest BCUT2D eigenvalue weighted by Crippen LogP contribution is 2.33. The van der Waals surface area contributed by atoms with Gasteiger partial charge in [-0.2, -0.15) is 0 Å². The molecule has 0 saturated heterocycles. The highest BCUT2D eigenvalue weighted by Gasteiger charge is 2.14. The van der Waals surface area contributed by atoms with Crippen molar-refractivity contribution in [3.8, 4) is 34.1 Å². The Bertz CT molecular complexity index is 958. The maximum atomic E-state index is 12.8. The van der Waals surface area contributed by atoms with E-state index in [9.17, 15) is 9.90 Å². The van der Waals surface area contributed by atoms with Gasteiger partial charge in [0.2, 0.25) is 5.43 Å². The quantitative estimate of drug-likeness (QED) is 0.792. The Balaban J connectivity index is 2.21. The van der Waals surface area contributed by atoms with Crippen LogP contribution in [0.1, 0.15) is 0 Å². The summed E-state index contributed by atoms with van der Waals surface area (Å²) in [5.74, 6) is 1.19. The Kier molecular flexibility index (Phi) is 4.04. The number of phenolic OH excluding ortho intramolecular Hbond substituents is 1. The van der Waals surface area contributed by atoms with Crippen LogP contribution in [0, 0.1) is 0 Å². The zero-order chi connectivity index (χ0) is 17.3. The average Bonchev–Trinajstić information content (AvgIpc) is 2.61. The number of ether oxygens (including phenoxy) is 3. The van der Waals surface area contributed by atoms with E-state index < -0.39 is 0 Å². The van der Waals surface area contributed by atoms with Crippen LogP contribution in [0.4, 0.5) is 0 Å². The van der Waals surface area contributed by atoms with Crippen molar-refractivity contribution in [3.63, 3.8) is 0 Å². The molecule has 1 aromatic heterocycles. The number of hydrogen-bond acceptors (Lipinski definition) is 6. The predicted octanol–water partition coefficient (Wildman–Crippen LogP) is 3.19. The fourth-order valence-electron chi connectivity index (χ4n) is 2.51. The summed E-state index contributed by atoms with van der Waals surface area (Å²) in [6.45, 7) is 0. The smallest absolute Gasteiger partial charge is 0.200 e. The number of aromatic hydroxyl groups is 1. The maximum Gasteiger partial charge on any atom is 0.200 e. The first-order valence-corrected chi connectivity index (χ1v) is 7.14. The first-order chi connectivity index (χ1) is 11.6. The highest BCUT2D eigenvalue weighted by atomic mass is 16.5. The van der Waals surface area contributed by atoms with Crippen molar-refractivity contribution in [1.29, 1.82) is 0 Å². The van der Waals surface area contributed by atoms with Crippen molar-refractivity contribution in [2.45, 2.75) is 0 Å². The van der Waals surface area contributed by atoms with Gasteiger partial charge in [-0.1, -0.05) is 6.07 Å². The van der Waals surface area contributed by atoms with E-state index in [4.69, 9.17) is 18.6 Å². The van der Waals surface area contributed by atoms with E-state index in [0.717, 1.165) is 0 Å². The van der Waals surface area contributed by atoms with Gasteiger partial charge in [-0.3, -0.25) is 4.79 Å². The fourth-order valence-corrected chi connectivity index (χ4v) is 2.51. The van der Waals surface area contributed by atoms with Crippen molar-refractivity contribution in [1.82, 2.24) is 0 Å². The fraction of sp³-hybridized carbons (Fsp3) is 0.167. The average molecular weight is 328 g/mol. The summed E-state index contributed by atoms with van der Waals surface area (Å²) in [5, 5.41) is 10.2. The summed E-state index contributed by atoms with van der Waals surface area (Å²) in [7, 11) is 4.49. The number of fused-ring (bicyclic) bond motifs is 1. The largest absolute Gasteiger partial charge is 0.504 e. The topological polar surface area (TPSA) is 78.1 Å². The molecule has 1 heterocycles. The lowest BCUT2D eigenvalue weighted by molar-refractivity contribution is 0.355. The Hall–Kier alpha value is -3.15. The van der Waals surface area contributed by atoms with E-state index in [1.54, 1.807) is 18.2 Å². The SMILES string of the molecule is COc1cc2occ(-c3ccc(OC)c(OC)c3)c(=O)c2cc1O. The molecule has 0 aliphatic rings. The summed E-state index contributed by atoms with van der Waals surface area (Å²) in [5.41, 5.74) is 1.05. The standard InChI is InChI=1S/C18H16O6/c1-21-14-5-4-10(6-17(14)23-3)12-9-24-15-8-16(22-2)13(19)7-11(15)18(12)20/h4-9,19H,1-3H3. The van der Waals surface area contributed by atoms with Crippen molar-refractivity contribution in [2.75, 3.05) is 21.3 Å². The molecule has 1 N–H and O–H groups in total. The minimum atomic E-state index is -0.263. The second-order valence-corrected chi connectivity index (χ2v) is 5.07. The van der Waals surface area contributed by atoms with Crippen LogP contribution < -0.4 is 19.6 Å². The van der Waals surface area contributed by atoms with Gasteiger partial charge in [0, 0.05) is 6.07 Å². The minimum absolute atomic E-state index is 0.123. The lowest BCUT2D eigenvalue weighted by atomic mass is 10.0. The Morgan fingerprint density at radius 2 is 1.62 bits per heavy atom. The number of benzene rings is 2. The predicted molar refractivity (Wildman–Crippen MR) is 89.2 cm³/mol. The minimum Gasteiger partial charge on any atom is -0.504 e. The van der Waals surface area contributed by atoms with Crippen LogP contribution in [0.3, 0.4) is 0 Å². The van der Waals surface area contributed by atoms with Crippen LogP contribution in [0.15, 0.2) is 45.8 Å². The zero-order valence-electron chi connectivity index (χ0n) is 13.5. The first-order valence-electron chi connectivity index (χ1n) is 7.14. The van der Waals surface area contributed by atoms with E-state index in [1.807, 2.05) is 0 Å². The summed E-state index contributed by atoms with van der Waals surface area (Å²) in [4.78, 5) is 12.8. The number of phenols is 1. The third kappa shape index (κ3) is 2.52. The molecular weight excluding hydrogens is 312 g/mol. The van der Waals surface area contributed by atoms with Crippen LogP contribution in [0.25, 0.3) is 22.1 Å². The molecule has 0 bridgehead atoms. The van der Waals surface area contributed by atoms with Gasteiger partial charge in [0.15, 0.2) is 23.0 Å². The van der Waals surface area contributed by atoms with Gasteiger partial charge in [-0.25, -0.2) is 0 Å².